The molecule has 0 saturated carbocycles. The lowest BCUT2D eigenvalue weighted by atomic mass is 10.1. The first-order valence-electron chi connectivity index (χ1n) is 10.9. The first kappa shape index (κ1) is 23.1. The minimum atomic E-state index is -3.84. The number of aromatic nitrogens is 1. The van der Waals surface area contributed by atoms with Gasteiger partial charge in [-0.2, -0.15) is 0 Å². The van der Waals surface area contributed by atoms with Gasteiger partial charge in [-0.05, 0) is 43.7 Å². The molecule has 1 atom stereocenters. The van der Waals surface area contributed by atoms with E-state index in [0.717, 1.165) is 12.2 Å². The van der Waals surface area contributed by atoms with Crippen molar-refractivity contribution in [2.45, 2.75) is 31.2 Å². The van der Waals surface area contributed by atoms with Crippen molar-refractivity contribution in [3.63, 3.8) is 0 Å². The standard InChI is InChI=1S/C23H28N4O5S/c1-16-5-4-6-18(13-16)27-12-11-26(15-17(27)2)22(28)9-10-24-33(30,31)19-7-8-20-21(14-19)32-23(29)25(20)3/h4-8,13-14,17,24H,9-12,15H2,1-3H3/t17-/m1/s1. The van der Waals surface area contributed by atoms with Crippen LogP contribution < -0.4 is 15.4 Å². The third-order valence-corrected chi connectivity index (χ3v) is 7.48. The van der Waals surface area contributed by atoms with Gasteiger partial charge in [0.25, 0.3) is 0 Å². The number of benzene rings is 2. The number of oxazole rings is 1. The van der Waals surface area contributed by atoms with E-state index in [1.807, 2.05) is 6.07 Å². The van der Waals surface area contributed by atoms with Gasteiger partial charge in [-0.1, -0.05) is 12.1 Å². The molecular formula is C23H28N4O5S. The molecule has 1 saturated heterocycles. The van der Waals surface area contributed by atoms with Gasteiger partial charge in [-0.3, -0.25) is 9.36 Å². The number of aryl methyl sites for hydroxylation is 2. The average Bonchev–Trinajstić information content (AvgIpc) is 3.06. The van der Waals surface area contributed by atoms with E-state index < -0.39 is 15.8 Å². The zero-order valence-electron chi connectivity index (χ0n) is 18.9. The molecule has 33 heavy (non-hydrogen) atoms. The minimum Gasteiger partial charge on any atom is -0.408 e. The minimum absolute atomic E-state index is 0.00951. The Morgan fingerprint density at radius 3 is 2.70 bits per heavy atom. The maximum absolute atomic E-state index is 12.7. The van der Waals surface area contributed by atoms with Crippen LogP contribution in [0.1, 0.15) is 18.9 Å². The Hall–Kier alpha value is -3.11. The van der Waals surface area contributed by atoms with Crippen LogP contribution in [0, 0.1) is 6.92 Å². The van der Waals surface area contributed by atoms with Gasteiger partial charge in [0.1, 0.15) is 0 Å². The Balaban J connectivity index is 1.33. The summed E-state index contributed by atoms with van der Waals surface area (Å²) in [6.07, 6.45) is 0.0685. The molecule has 10 heteroatoms. The number of anilines is 1. The molecule has 2 heterocycles. The fourth-order valence-electron chi connectivity index (χ4n) is 4.19. The van der Waals surface area contributed by atoms with Crippen LogP contribution in [0.25, 0.3) is 11.1 Å². The Bertz CT molecular complexity index is 1340. The molecule has 1 aliphatic heterocycles. The van der Waals surface area contributed by atoms with Crippen molar-refractivity contribution in [1.29, 1.82) is 0 Å². The van der Waals surface area contributed by atoms with Gasteiger partial charge in [0.05, 0.1) is 10.4 Å². The lowest BCUT2D eigenvalue weighted by Gasteiger charge is -2.41. The van der Waals surface area contributed by atoms with Crippen LogP contribution in [0.15, 0.2) is 56.6 Å². The number of amides is 1. The van der Waals surface area contributed by atoms with E-state index in [4.69, 9.17) is 4.42 Å². The molecule has 0 aliphatic carbocycles. The molecule has 176 valence electrons. The fraction of sp³-hybridized carbons (Fsp3) is 0.391. The van der Waals surface area contributed by atoms with E-state index in [2.05, 4.69) is 41.7 Å². The maximum atomic E-state index is 12.7. The van der Waals surface area contributed by atoms with Crippen LogP contribution in [0.3, 0.4) is 0 Å². The van der Waals surface area contributed by atoms with Crippen molar-refractivity contribution < 1.29 is 17.6 Å². The second-order valence-electron chi connectivity index (χ2n) is 8.43. The predicted octanol–water partition coefficient (Wildman–Crippen LogP) is 1.85. The van der Waals surface area contributed by atoms with Gasteiger partial charge in [-0.15, -0.1) is 0 Å². The number of hydrogen-bond acceptors (Lipinski definition) is 6. The fourth-order valence-corrected chi connectivity index (χ4v) is 5.24. The summed E-state index contributed by atoms with van der Waals surface area (Å²) in [4.78, 5) is 28.4. The van der Waals surface area contributed by atoms with Gasteiger partial charge in [-0.25, -0.2) is 17.9 Å². The summed E-state index contributed by atoms with van der Waals surface area (Å²) in [6, 6.07) is 12.7. The second-order valence-corrected chi connectivity index (χ2v) is 10.2. The number of carbonyl (C=O) groups excluding carboxylic acids is 1. The second kappa shape index (κ2) is 9.03. The number of carbonyl (C=O) groups is 1. The van der Waals surface area contributed by atoms with Crippen molar-refractivity contribution in [3.05, 3.63) is 58.6 Å². The summed E-state index contributed by atoms with van der Waals surface area (Å²) in [6.45, 7) is 6.04. The Morgan fingerprint density at radius 1 is 1.18 bits per heavy atom. The summed E-state index contributed by atoms with van der Waals surface area (Å²) in [5.74, 6) is -0.646. The number of piperazine rings is 1. The third-order valence-electron chi connectivity index (χ3n) is 6.02. The Kier molecular flexibility index (Phi) is 6.31. The summed E-state index contributed by atoms with van der Waals surface area (Å²) in [7, 11) is -2.29. The highest BCUT2D eigenvalue weighted by atomic mass is 32.2. The lowest BCUT2D eigenvalue weighted by molar-refractivity contribution is -0.131. The van der Waals surface area contributed by atoms with Gasteiger partial charge in [0.15, 0.2) is 5.58 Å². The molecule has 1 fully saturated rings. The number of nitrogens with zero attached hydrogens (tertiary/aromatic N) is 3. The van der Waals surface area contributed by atoms with Gasteiger partial charge < -0.3 is 14.2 Å². The molecule has 1 aromatic heterocycles. The number of rotatable bonds is 6. The highest BCUT2D eigenvalue weighted by molar-refractivity contribution is 7.89. The average molecular weight is 473 g/mol. The Morgan fingerprint density at radius 2 is 1.97 bits per heavy atom. The van der Waals surface area contributed by atoms with Crippen molar-refractivity contribution in [2.75, 3.05) is 31.1 Å². The van der Waals surface area contributed by atoms with Gasteiger partial charge in [0, 0.05) is 57.4 Å². The number of hydrogen-bond donors (Lipinski definition) is 1. The van der Waals surface area contributed by atoms with Crippen molar-refractivity contribution in [3.8, 4) is 0 Å². The molecule has 0 radical (unpaired) electrons. The molecule has 4 rings (SSSR count). The van der Waals surface area contributed by atoms with E-state index in [1.165, 1.54) is 28.3 Å². The lowest BCUT2D eigenvalue weighted by Crippen LogP contribution is -2.54. The maximum Gasteiger partial charge on any atom is 0.419 e. The molecular weight excluding hydrogens is 444 g/mol. The van der Waals surface area contributed by atoms with Crippen molar-refractivity contribution in [1.82, 2.24) is 14.2 Å². The summed E-state index contributed by atoms with van der Waals surface area (Å²) in [5.41, 5.74) is 3.04. The molecule has 2 aromatic carbocycles. The van der Waals surface area contributed by atoms with Crippen LogP contribution in [-0.2, 0) is 21.9 Å². The van der Waals surface area contributed by atoms with Crippen LogP contribution in [0.2, 0.25) is 0 Å². The predicted molar refractivity (Wildman–Crippen MR) is 126 cm³/mol. The zero-order chi connectivity index (χ0) is 23.8. The summed E-state index contributed by atoms with van der Waals surface area (Å²) < 4.78 is 34.1. The highest BCUT2D eigenvalue weighted by Gasteiger charge is 2.27. The zero-order valence-corrected chi connectivity index (χ0v) is 19.8. The monoisotopic (exact) mass is 472 g/mol. The van der Waals surface area contributed by atoms with E-state index in [9.17, 15) is 18.0 Å². The van der Waals surface area contributed by atoms with Crippen LogP contribution in [-0.4, -0.2) is 56.0 Å². The summed E-state index contributed by atoms with van der Waals surface area (Å²) >= 11 is 0. The molecule has 0 unspecified atom stereocenters. The normalized spacial score (nSPS) is 17.0. The first-order chi connectivity index (χ1) is 15.7. The molecule has 0 spiro atoms. The van der Waals surface area contributed by atoms with E-state index in [1.54, 1.807) is 11.9 Å². The quantitative estimate of drug-likeness (QED) is 0.587. The molecule has 1 aliphatic rings. The molecule has 0 bridgehead atoms. The van der Waals surface area contributed by atoms with Gasteiger partial charge in [0.2, 0.25) is 15.9 Å². The number of nitrogens with one attached hydrogen (secondary N) is 1. The van der Waals surface area contributed by atoms with Crippen molar-refractivity contribution >= 4 is 32.7 Å². The largest absolute Gasteiger partial charge is 0.419 e. The topological polar surface area (TPSA) is 105 Å². The first-order valence-corrected chi connectivity index (χ1v) is 12.3. The van der Waals surface area contributed by atoms with Crippen LogP contribution >= 0.6 is 0 Å². The van der Waals surface area contributed by atoms with E-state index in [0.29, 0.717) is 18.6 Å². The highest BCUT2D eigenvalue weighted by Crippen LogP contribution is 2.22. The Labute approximate surface area is 192 Å². The molecule has 3 aromatic rings. The van der Waals surface area contributed by atoms with E-state index in [-0.39, 0.29) is 35.4 Å². The molecule has 1 amide bonds. The molecule has 9 nitrogen and oxygen atoms in total. The molecule has 1 N–H and O–H groups in total. The third kappa shape index (κ3) is 4.81. The number of sulfonamides is 1. The number of fused-ring (bicyclic) bond motifs is 1. The smallest absolute Gasteiger partial charge is 0.408 e. The van der Waals surface area contributed by atoms with Crippen LogP contribution in [0.4, 0.5) is 5.69 Å². The SMILES string of the molecule is Cc1cccc(N2CCN(C(=O)CCNS(=O)(=O)c3ccc4c(c3)oc(=O)n4C)C[C@H]2C)c1. The van der Waals surface area contributed by atoms with E-state index >= 15 is 0 Å². The summed E-state index contributed by atoms with van der Waals surface area (Å²) in [5, 5.41) is 0. The van der Waals surface area contributed by atoms with Crippen molar-refractivity contribution in [2.24, 2.45) is 7.05 Å². The van der Waals surface area contributed by atoms with Crippen LogP contribution in [0.5, 0.6) is 0 Å². The van der Waals surface area contributed by atoms with Gasteiger partial charge >= 0.3 is 5.76 Å².